The summed E-state index contributed by atoms with van der Waals surface area (Å²) in [6.45, 7) is 3.21. The van der Waals surface area contributed by atoms with Crippen LogP contribution in [0.25, 0.3) is 0 Å². The molecular weight excluding hydrogens is 375 g/mol. The van der Waals surface area contributed by atoms with Gasteiger partial charge in [-0.15, -0.1) is 13.2 Å². The van der Waals surface area contributed by atoms with Crippen molar-refractivity contribution in [2.24, 2.45) is 0 Å². The average molecular weight is 395 g/mol. The third kappa shape index (κ3) is 6.12. The third-order valence-electron chi connectivity index (χ3n) is 4.16. The molecule has 2 aromatic rings. The number of carbonyl (C=O) groups excluding carboxylic acids is 1. The number of ether oxygens (including phenoxy) is 2. The summed E-state index contributed by atoms with van der Waals surface area (Å²) >= 11 is 0. The summed E-state index contributed by atoms with van der Waals surface area (Å²) in [6.07, 6.45) is -2.97. The molecule has 0 atom stereocenters. The van der Waals surface area contributed by atoms with E-state index in [4.69, 9.17) is 4.74 Å². The number of benzene rings is 1. The first-order chi connectivity index (χ1) is 13.4. The molecule has 6 nitrogen and oxygen atoms in total. The number of rotatable bonds is 6. The van der Waals surface area contributed by atoms with Crippen LogP contribution in [0.1, 0.15) is 11.1 Å². The Kier molecular flexibility index (Phi) is 6.35. The van der Waals surface area contributed by atoms with Crippen molar-refractivity contribution in [3.05, 3.63) is 53.7 Å². The van der Waals surface area contributed by atoms with Gasteiger partial charge in [-0.05, 0) is 35.4 Å². The van der Waals surface area contributed by atoms with Gasteiger partial charge in [0.2, 0.25) is 5.91 Å². The molecule has 1 amide bonds. The van der Waals surface area contributed by atoms with Crippen molar-refractivity contribution < 1.29 is 27.4 Å². The van der Waals surface area contributed by atoms with Gasteiger partial charge in [-0.1, -0.05) is 12.1 Å². The Morgan fingerprint density at radius 2 is 1.86 bits per heavy atom. The minimum Gasteiger partial charge on any atom is -0.406 e. The first kappa shape index (κ1) is 19.9. The largest absolute Gasteiger partial charge is 0.573 e. The molecule has 1 aliphatic rings. The van der Waals surface area contributed by atoms with Crippen LogP contribution in [-0.4, -0.2) is 43.6 Å². The van der Waals surface area contributed by atoms with E-state index in [2.05, 4.69) is 19.9 Å². The second kappa shape index (κ2) is 8.92. The number of morpholine rings is 1. The quantitative estimate of drug-likeness (QED) is 0.815. The predicted octanol–water partition coefficient (Wildman–Crippen LogP) is 2.68. The number of halogens is 3. The topological polar surface area (TPSA) is 63.7 Å². The van der Waals surface area contributed by atoms with Gasteiger partial charge in [0.15, 0.2) is 0 Å². The van der Waals surface area contributed by atoms with E-state index in [0.29, 0.717) is 25.3 Å². The standard InChI is InChI=1S/C19H20F3N3O3/c20-19(21,22)28-16-3-1-14(2-4-16)12-18(26)24-13-15-5-6-23-17(11-15)25-7-9-27-10-8-25/h1-6,11H,7-10,12-13H2,(H,24,26). The Hall–Kier alpha value is -2.81. The van der Waals surface area contributed by atoms with Crippen molar-refractivity contribution in [2.75, 3.05) is 31.2 Å². The van der Waals surface area contributed by atoms with Crippen LogP contribution >= 0.6 is 0 Å². The number of nitrogens with one attached hydrogen (secondary N) is 1. The highest BCUT2D eigenvalue weighted by Crippen LogP contribution is 2.22. The van der Waals surface area contributed by atoms with Gasteiger partial charge in [0, 0.05) is 25.8 Å². The number of hydrogen-bond acceptors (Lipinski definition) is 5. The van der Waals surface area contributed by atoms with Crippen LogP contribution in [0.3, 0.4) is 0 Å². The number of carbonyl (C=O) groups is 1. The molecule has 1 fully saturated rings. The minimum absolute atomic E-state index is 0.0632. The van der Waals surface area contributed by atoms with Gasteiger partial charge in [0.1, 0.15) is 11.6 Å². The molecule has 1 aromatic carbocycles. The summed E-state index contributed by atoms with van der Waals surface area (Å²) in [5.74, 6) is 0.300. The number of anilines is 1. The number of alkyl halides is 3. The molecule has 0 bridgehead atoms. The van der Waals surface area contributed by atoms with Crippen molar-refractivity contribution >= 4 is 11.7 Å². The average Bonchev–Trinajstić information content (AvgIpc) is 2.68. The van der Waals surface area contributed by atoms with E-state index in [1.54, 1.807) is 6.20 Å². The summed E-state index contributed by atoms with van der Waals surface area (Å²) in [5, 5.41) is 2.81. The van der Waals surface area contributed by atoms with Gasteiger partial charge in [0.25, 0.3) is 0 Å². The first-order valence-electron chi connectivity index (χ1n) is 8.78. The van der Waals surface area contributed by atoms with Crippen molar-refractivity contribution in [3.63, 3.8) is 0 Å². The van der Waals surface area contributed by atoms with E-state index in [-0.39, 0.29) is 18.1 Å². The highest BCUT2D eigenvalue weighted by Gasteiger charge is 2.30. The normalized spacial score (nSPS) is 14.6. The van der Waals surface area contributed by atoms with Crippen LogP contribution in [0.4, 0.5) is 19.0 Å². The monoisotopic (exact) mass is 395 g/mol. The van der Waals surface area contributed by atoms with Crippen molar-refractivity contribution in [1.29, 1.82) is 0 Å². The van der Waals surface area contributed by atoms with Crippen molar-refractivity contribution in [2.45, 2.75) is 19.3 Å². The van der Waals surface area contributed by atoms with Crippen LogP contribution in [0, 0.1) is 0 Å². The Morgan fingerprint density at radius 1 is 1.14 bits per heavy atom. The Bertz CT molecular complexity index is 791. The Balaban J connectivity index is 1.50. The summed E-state index contributed by atoms with van der Waals surface area (Å²) in [6, 6.07) is 9.00. The molecule has 1 aliphatic heterocycles. The zero-order valence-corrected chi connectivity index (χ0v) is 15.0. The highest BCUT2D eigenvalue weighted by molar-refractivity contribution is 5.78. The Morgan fingerprint density at radius 3 is 2.54 bits per heavy atom. The molecule has 0 spiro atoms. The fourth-order valence-corrected chi connectivity index (χ4v) is 2.79. The Labute approximate surface area is 160 Å². The summed E-state index contributed by atoms with van der Waals surface area (Å²) in [4.78, 5) is 18.6. The van der Waals surface area contributed by atoms with Crippen LogP contribution in [0.5, 0.6) is 5.75 Å². The van der Waals surface area contributed by atoms with Gasteiger partial charge in [-0.25, -0.2) is 4.98 Å². The van der Waals surface area contributed by atoms with Crippen LogP contribution in [-0.2, 0) is 22.5 Å². The molecule has 2 heterocycles. The maximum absolute atomic E-state index is 12.2. The van der Waals surface area contributed by atoms with Crippen molar-refractivity contribution in [3.8, 4) is 5.75 Å². The van der Waals surface area contributed by atoms with E-state index in [0.717, 1.165) is 24.5 Å². The summed E-state index contributed by atoms with van der Waals surface area (Å²) in [7, 11) is 0. The predicted molar refractivity (Wildman–Crippen MR) is 95.9 cm³/mol. The lowest BCUT2D eigenvalue weighted by molar-refractivity contribution is -0.274. The van der Waals surface area contributed by atoms with Gasteiger partial charge in [-0.2, -0.15) is 0 Å². The van der Waals surface area contributed by atoms with Crippen molar-refractivity contribution in [1.82, 2.24) is 10.3 Å². The van der Waals surface area contributed by atoms with Gasteiger partial charge < -0.3 is 19.7 Å². The number of aromatic nitrogens is 1. The second-order valence-electron chi connectivity index (χ2n) is 6.27. The molecule has 28 heavy (non-hydrogen) atoms. The molecule has 150 valence electrons. The number of amides is 1. The SMILES string of the molecule is O=C(Cc1ccc(OC(F)(F)F)cc1)NCc1ccnc(N2CCOCC2)c1. The summed E-state index contributed by atoms with van der Waals surface area (Å²) in [5.41, 5.74) is 1.51. The summed E-state index contributed by atoms with van der Waals surface area (Å²) < 4.78 is 45.6. The number of nitrogens with zero attached hydrogens (tertiary/aromatic N) is 2. The maximum atomic E-state index is 12.2. The smallest absolute Gasteiger partial charge is 0.406 e. The minimum atomic E-state index is -4.73. The second-order valence-corrected chi connectivity index (χ2v) is 6.27. The molecule has 0 unspecified atom stereocenters. The fraction of sp³-hybridized carbons (Fsp3) is 0.368. The number of pyridine rings is 1. The van der Waals surface area contributed by atoms with Gasteiger partial charge in [-0.3, -0.25) is 4.79 Å². The molecule has 1 saturated heterocycles. The molecule has 1 N–H and O–H groups in total. The van der Waals surface area contributed by atoms with E-state index in [9.17, 15) is 18.0 Å². The maximum Gasteiger partial charge on any atom is 0.573 e. The van der Waals surface area contributed by atoms with Gasteiger partial charge >= 0.3 is 6.36 Å². The molecule has 0 saturated carbocycles. The van der Waals surface area contributed by atoms with E-state index < -0.39 is 6.36 Å². The lowest BCUT2D eigenvalue weighted by Gasteiger charge is -2.28. The highest BCUT2D eigenvalue weighted by atomic mass is 19.4. The zero-order chi connectivity index (χ0) is 20.0. The molecule has 0 radical (unpaired) electrons. The molecule has 1 aromatic heterocycles. The lowest BCUT2D eigenvalue weighted by atomic mass is 10.1. The lowest BCUT2D eigenvalue weighted by Crippen LogP contribution is -2.36. The van der Waals surface area contributed by atoms with E-state index in [1.807, 2.05) is 12.1 Å². The third-order valence-corrected chi connectivity index (χ3v) is 4.16. The molecule has 0 aliphatic carbocycles. The fourth-order valence-electron chi connectivity index (χ4n) is 2.79. The van der Waals surface area contributed by atoms with Crippen LogP contribution in [0.2, 0.25) is 0 Å². The van der Waals surface area contributed by atoms with Crippen LogP contribution in [0.15, 0.2) is 42.6 Å². The zero-order valence-electron chi connectivity index (χ0n) is 15.0. The number of hydrogen-bond donors (Lipinski definition) is 1. The molecule has 3 rings (SSSR count). The molecular formula is C19H20F3N3O3. The van der Waals surface area contributed by atoms with E-state index >= 15 is 0 Å². The van der Waals surface area contributed by atoms with E-state index in [1.165, 1.54) is 24.3 Å². The molecule has 9 heteroatoms. The first-order valence-corrected chi connectivity index (χ1v) is 8.78. The van der Waals surface area contributed by atoms with Gasteiger partial charge in [0.05, 0.1) is 19.6 Å². The van der Waals surface area contributed by atoms with Crippen LogP contribution < -0.4 is 15.0 Å².